The zero-order chi connectivity index (χ0) is 13.3. The van der Waals surface area contributed by atoms with Gasteiger partial charge in [0.15, 0.2) is 0 Å². The number of ether oxygens (including phenoxy) is 1. The molecule has 0 saturated carbocycles. The van der Waals surface area contributed by atoms with Crippen molar-refractivity contribution in [2.45, 2.75) is 52.6 Å². The van der Waals surface area contributed by atoms with Gasteiger partial charge in [-0.05, 0) is 40.5 Å². The highest BCUT2D eigenvalue weighted by Crippen LogP contribution is 2.07. The maximum atomic E-state index is 11.3. The molecule has 0 radical (unpaired) electrons. The van der Waals surface area contributed by atoms with Crippen LogP contribution in [-0.2, 0) is 9.53 Å². The highest BCUT2D eigenvalue weighted by molar-refractivity contribution is 5.67. The van der Waals surface area contributed by atoms with E-state index in [4.69, 9.17) is 4.74 Å². The number of hydrogen-bond donors (Lipinski definition) is 1. The van der Waals surface area contributed by atoms with E-state index < -0.39 is 11.7 Å². The predicted molar refractivity (Wildman–Crippen MR) is 67.9 cm³/mol. The molecule has 0 atom stereocenters. The second-order valence-electron chi connectivity index (χ2n) is 4.99. The Kier molecular flexibility index (Phi) is 7.26. The number of allylic oxidation sites excluding steroid dienone is 1. The fraction of sp³-hybridized carbons (Fsp3) is 0.692. The van der Waals surface area contributed by atoms with Gasteiger partial charge in [-0.25, -0.2) is 4.79 Å². The first kappa shape index (κ1) is 15.7. The number of carbonyl (C=O) groups is 2. The standard InChI is InChI=1S/C13H23NO3/c1-11(7-5-6-10-15)8-9-14-12(16)17-13(2,3)4/h8,10H,5-7,9H2,1-4H3,(H,14,16)/b11-8+. The van der Waals surface area contributed by atoms with Crippen LogP contribution in [0, 0.1) is 0 Å². The number of carbonyl (C=O) groups excluding carboxylic acids is 2. The van der Waals surface area contributed by atoms with Crippen molar-refractivity contribution in [3.05, 3.63) is 11.6 Å². The van der Waals surface area contributed by atoms with Crippen LogP contribution in [-0.4, -0.2) is 24.5 Å². The highest BCUT2D eigenvalue weighted by atomic mass is 16.6. The molecule has 1 N–H and O–H groups in total. The first-order valence-electron chi connectivity index (χ1n) is 5.91. The summed E-state index contributed by atoms with van der Waals surface area (Å²) in [4.78, 5) is 21.4. The molecule has 0 aliphatic carbocycles. The minimum absolute atomic E-state index is 0.408. The van der Waals surface area contributed by atoms with Crippen molar-refractivity contribution >= 4 is 12.4 Å². The lowest BCUT2D eigenvalue weighted by molar-refractivity contribution is -0.107. The summed E-state index contributed by atoms with van der Waals surface area (Å²) in [5.41, 5.74) is 0.704. The first-order chi connectivity index (χ1) is 7.85. The molecule has 1 amide bonds. The van der Waals surface area contributed by atoms with Crippen LogP contribution in [0.5, 0.6) is 0 Å². The number of amides is 1. The second-order valence-corrected chi connectivity index (χ2v) is 4.99. The largest absolute Gasteiger partial charge is 0.444 e. The van der Waals surface area contributed by atoms with Crippen LogP contribution >= 0.6 is 0 Å². The SMILES string of the molecule is C/C(=C\CNC(=O)OC(C)(C)C)CCCC=O. The van der Waals surface area contributed by atoms with Crippen LogP contribution in [0.4, 0.5) is 4.79 Å². The highest BCUT2D eigenvalue weighted by Gasteiger charge is 2.14. The quantitative estimate of drug-likeness (QED) is 0.442. The Morgan fingerprint density at radius 1 is 1.35 bits per heavy atom. The topological polar surface area (TPSA) is 55.4 Å². The number of nitrogens with one attached hydrogen (secondary N) is 1. The molecule has 0 rings (SSSR count). The lowest BCUT2D eigenvalue weighted by Gasteiger charge is -2.19. The summed E-state index contributed by atoms with van der Waals surface area (Å²) in [5.74, 6) is 0. The lowest BCUT2D eigenvalue weighted by atomic mass is 10.1. The lowest BCUT2D eigenvalue weighted by Crippen LogP contribution is -2.32. The van der Waals surface area contributed by atoms with Crippen molar-refractivity contribution in [1.29, 1.82) is 0 Å². The third kappa shape index (κ3) is 11.0. The Hall–Kier alpha value is -1.32. The molecule has 0 unspecified atom stereocenters. The maximum Gasteiger partial charge on any atom is 0.407 e. The number of alkyl carbamates (subject to hydrolysis) is 1. The monoisotopic (exact) mass is 241 g/mol. The molecule has 0 aromatic heterocycles. The van der Waals surface area contributed by atoms with E-state index in [1.807, 2.05) is 33.8 Å². The van der Waals surface area contributed by atoms with E-state index in [9.17, 15) is 9.59 Å². The minimum atomic E-state index is -0.465. The second kappa shape index (κ2) is 7.87. The van der Waals surface area contributed by atoms with E-state index in [-0.39, 0.29) is 0 Å². The molecule has 0 bridgehead atoms. The summed E-state index contributed by atoms with van der Waals surface area (Å²) in [5, 5.41) is 2.65. The van der Waals surface area contributed by atoms with Gasteiger partial charge in [0.25, 0.3) is 0 Å². The zero-order valence-corrected chi connectivity index (χ0v) is 11.2. The molecule has 0 aliphatic heterocycles. The molecule has 0 heterocycles. The van der Waals surface area contributed by atoms with E-state index in [0.29, 0.717) is 13.0 Å². The van der Waals surface area contributed by atoms with Gasteiger partial charge >= 0.3 is 6.09 Å². The van der Waals surface area contributed by atoms with Gasteiger partial charge in [-0.2, -0.15) is 0 Å². The summed E-state index contributed by atoms with van der Waals surface area (Å²) in [6, 6.07) is 0. The maximum absolute atomic E-state index is 11.3. The average Bonchev–Trinajstić information content (AvgIpc) is 2.15. The molecule has 4 heteroatoms. The van der Waals surface area contributed by atoms with E-state index in [0.717, 1.165) is 19.1 Å². The molecule has 0 fully saturated rings. The Morgan fingerprint density at radius 3 is 2.53 bits per heavy atom. The first-order valence-corrected chi connectivity index (χ1v) is 5.91. The van der Waals surface area contributed by atoms with E-state index >= 15 is 0 Å². The van der Waals surface area contributed by atoms with E-state index in [2.05, 4.69) is 5.32 Å². The number of rotatable bonds is 6. The van der Waals surface area contributed by atoms with Crippen LogP contribution in [0.15, 0.2) is 11.6 Å². The molecule has 0 aromatic carbocycles. The van der Waals surface area contributed by atoms with Gasteiger partial charge in [0, 0.05) is 13.0 Å². The third-order valence-electron chi connectivity index (χ3n) is 1.99. The number of aldehydes is 1. The zero-order valence-electron chi connectivity index (χ0n) is 11.2. The summed E-state index contributed by atoms with van der Waals surface area (Å²) in [6.07, 6.45) is 4.79. The Morgan fingerprint density at radius 2 is 2.00 bits per heavy atom. The van der Waals surface area contributed by atoms with Gasteiger partial charge < -0.3 is 14.8 Å². The molecule has 4 nitrogen and oxygen atoms in total. The van der Waals surface area contributed by atoms with Crippen LogP contribution in [0.3, 0.4) is 0 Å². The van der Waals surface area contributed by atoms with Crippen LogP contribution in [0.1, 0.15) is 47.0 Å². The fourth-order valence-electron chi connectivity index (χ4n) is 1.19. The number of unbranched alkanes of at least 4 members (excludes halogenated alkanes) is 1. The molecule has 98 valence electrons. The molecule has 0 aliphatic rings. The van der Waals surface area contributed by atoms with Crippen LogP contribution < -0.4 is 5.32 Å². The normalized spacial score (nSPS) is 12.1. The predicted octanol–water partition coefficient (Wildman–Crippen LogP) is 2.83. The van der Waals surface area contributed by atoms with E-state index in [1.165, 1.54) is 5.57 Å². The van der Waals surface area contributed by atoms with Crippen LogP contribution in [0.2, 0.25) is 0 Å². The van der Waals surface area contributed by atoms with Gasteiger partial charge in [0.05, 0.1) is 0 Å². The molecular weight excluding hydrogens is 218 g/mol. The Bertz CT molecular complexity index is 277. The summed E-state index contributed by atoms with van der Waals surface area (Å²) < 4.78 is 5.09. The van der Waals surface area contributed by atoms with Gasteiger partial charge in [-0.1, -0.05) is 11.6 Å². The average molecular weight is 241 g/mol. The summed E-state index contributed by atoms with van der Waals surface area (Å²) in [7, 11) is 0. The number of hydrogen-bond acceptors (Lipinski definition) is 3. The van der Waals surface area contributed by atoms with E-state index in [1.54, 1.807) is 0 Å². The molecule has 0 saturated heterocycles. The molecular formula is C13H23NO3. The van der Waals surface area contributed by atoms with Gasteiger partial charge in [0.2, 0.25) is 0 Å². The van der Waals surface area contributed by atoms with Gasteiger partial charge in [-0.3, -0.25) is 0 Å². The van der Waals surface area contributed by atoms with Crippen molar-refractivity contribution < 1.29 is 14.3 Å². The molecule has 0 aromatic rings. The fourth-order valence-corrected chi connectivity index (χ4v) is 1.19. The Balaban J connectivity index is 3.77. The van der Waals surface area contributed by atoms with Crippen molar-refractivity contribution in [2.24, 2.45) is 0 Å². The smallest absolute Gasteiger partial charge is 0.407 e. The van der Waals surface area contributed by atoms with Crippen LogP contribution in [0.25, 0.3) is 0 Å². The minimum Gasteiger partial charge on any atom is -0.444 e. The van der Waals surface area contributed by atoms with Crippen molar-refractivity contribution in [1.82, 2.24) is 5.32 Å². The molecule has 0 spiro atoms. The molecule has 17 heavy (non-hydrogen) atoms. The third-order valence-corrected chi connectivity index (χ3v) is 1.99. The Labute approximate surface area is 103 Å². The summed E-state index contributed by atoms with van der Waals surface area (Å²) in [6.45, 7) is 7.93. The summed E-state index contributed by atoms with van der Waals surface area (Å²) >= 11 is 0. The van der Waals surface area contributed by atoms with Gasteiger partial charge in [-0.15, -0.1) is 0 Å². The van der Waals surface area contributed by atoms with Gasteiger partial charge in [0.1, 0.15) is 11.9 Å². The van der Waals surface area contributed by atoms with Crippen molar-refractivity contribution in [3.8, 4) is 0 Å². The van der Waals surface area contributed by atoms with Crippen molar-refractivity contribution in [2.75, 3.05) is 6.54 Å². The van der Waals surface area contributed by atoms with Crippen molar-refractivity contribution in [3.63, 3.8) is 0 Å².